The SMILES string of the molecule is C[C@H](CC(=O)N1CCC(O)(Cn2cnn3c(-c4ccc5c(c4)CCC5=O)cnc3c2=O)CC1)c1ccccc1. The molecule has 200 valence electrons. The maximum atomic E-state index is 13.3. The number of nitrogens with zero attached hydrogens (tertiary/aromatic N) is 5. The van der Waals surface area contributed by atoms with Crippen LogP contribution in [0.4, 0.5) is 0 Å². The zero-order chi connectivity index (χ0) is 27.1. The molecule has 0 bridgehead atoms. The summed E-state index contributed by atoms with van der Waals surface area (Å²) in [6.45, 7) is 3.02. The molecule has 1 atom stereocenters. The van der Waals surface area contributed by atoms with Crippen molar-refractivity contribution in [1.29, 1.82) is 0 Å². The number of hydrogen-bond donors (Lipinski definition) is 1. The van der Waals surface area contributed by atoms with Crippen molar-refractivity contribution in [3.63, 3.8) is 0 Å². The normalized spacial score (nSPS) is 17.4. The summed E-state index contributed by atoms with van der Waals surface area (Å²) in [7, 11) is 0. The van der Waals surface area contributed by atoms with Gasteiger partial charge in [-0.1, -0.05) is 49.4 Å². The number of imidazole rings is 1. The first-order valence-corrected chi connectivity index (χ1v) is 13.5. The van der Waals surface area contributed by atoms with Crippen LogP contribution in [0.3, 0.4) is 0 Å². The summed E-state index contributed by atoms with van der Waals surface area (Å²) in [5.74, 6) is 0.356. The Hall–Kier alpha value is -4.11. The number of ketones is 1. The van der Waals surface area contributed by atoms with Gasteiger partial charge in [0.25, 0.3) is 5.56 Å². The van der Waals surface area contributed by atoms with Crippen LogP contribution >= 0.6 is 0 Å². The Morgan fingerprint density at radius 1 is 1.08 bits per heavy atom. The van der Waals surface area contributed by atoms with E-state index in [4.69, 9.17) is 0 Å². The highest BCUT2D eigenvalue weighted by molar-refractivity contribution is 6.00. The van der Waals surface area contributed by atoms with E-state index in [1.165, 1.54) is 15.4 Å². The standard InChI is InChI=1S/C30H31N5O4/c1-20(21-5-3-2-4-6-21)15-27(37)33-13-11-30(39,12-14-33)18-34-19-32-35-25(17-31-28(35)29(34)38)23-7-9-24-22(16-23)8-10-26(24)36/h2-7,9,16-17,19-20,39H,8,10-15,18H2,1H3/t20-/m1/s1. The first-order valence-electron chi connectivity index (χ1n) is 13.5. The lowest BCUT2D eigenvalue weighted by atomic mass is 9.90. The summed E-state index contributed by atoms with van der Waals surface area (Å²) in [5, 5.41) is 15.8. The van der Waals surface area contributed by atoms with Gasteiger partial charge in [0, 0.05) is 37.1 Å². The van der Waals surface area contributed by atoms with E-state index in [0.29, 0.717) is 50.9 Å². The highest BCUT2D eigenvalue weighted by Gasteiger charge is 2.35. The first-order chi connectivity index (χ1) is 18.8. The summed E-state index contributed by atoms with van der Waals surface area (Å²) in [6, 6.07) is 15.6. The Bertz CT molecular complexity index is 1620. The molecule has 0 radical (unpaired) electrons. The highest BCUT2D eigenvalue weighted by Crippen LogP contribution is 2.29. The highest BCUT2D eigenvalue weighted by atomic mass is 16.3. The van der Waals surface area contributed by atoms with Crippen LogP contribution < -0.4 is 5.56 Å². The Morgan fingerprint density at radius 3 is 2.62 bits per heavy atom. The first kappa shape index (κ1) is 25.2. The molecular weight excluding hydrogens is 494 g/mol. The molecule has 1 amide bonds. The maximum absolute atomic E-state index is 13.3. The van der Waals surface area contributed by atoms with Crippen molar-refractivity contribution < 1.29 is 14.7 Å². The minimum atomic E-state index is -1.12. The number of aromatic nitrogens is 4. The van der Waals surface area contributed by atoms with Crippen molar-refractivity contribution in [2.24, 2.45) is 0 Å². The van der Waals surface area contributed by atoms with E-state index < -0.39 is 5.60 Å². The number of piperidine rings is 1. The van der Waals surface area contributed by atoms with E-state index in [1.54, 1.807) is 6.20 Å². The Kier molecular flexibility index (Phi) is 6.38. The third-order valence-electron chi connectivity index (χ3n) is 8.18. The van der Waals surface area contributed by atoms with E-state index in [0.717, 1.165) is 22.3 Å². The van der Waals surface area contributed by atoms with E-state index in [1.807, 2.05) is 53.4 Å². The van der Waals surface area contributed by atoms with Gasteiger partial charge in [-0.3, -0.25) is 19.0 Å². The molecular formula is C30H31N5O4. The van der Waals surface area contributed by atoms with Crippen LogP contribution in [0.25, 0.3) is 16.9 Å². The molecule has 1 aliphatic carbocycles. The zero-order valence-corrected chi connectivity index (χ0v) is 21.9. The van der Waals surface area contributed by atoms with Gasteiger partial charge in [-0.05, 0) is 42.4 Å². The second kappa shape index (κ2) is 9.89. The Morgan fingerprint density at radius 2 is 1.85 bits per heavy atom. The van der Waals surface area contributed by atoms with Crippen molar-refractivity contribution in [1.82, 2.24) is 24.1 Å². The molecule has 2 aromatic heterocycles. The third-order valence-corrected chi connectivity index (χ3v) is 8.18. The number of fused-ring (bicyclic) bond motifs is 2. The quantitative estimate of drug-likeness (QED) is 0.414. The summed E-state index contributed by atoms with van der Waals surface area (Å²) in [5.41, 5.74) is 3.14. The molecule has 1 aliphatic heterocycles. The number of amides is 1. The van der Waals surface area contributed by atoms with Crippen molar-refractivity contribution in [2.75, 3.05) is 13.1 Å². The Labute approximate surface area is 225 Å². The molecule has 39 heavy (non-hydrogen) atoms. The molecule has 2 aliphatic rings. The number of hydrogen-bond acceptors (Lipinski definition) is 6. The monoisotopic (exact) mass is 525 g/mol. The lowest BCUT2D eigenvalue weighted by Gasteiger charge is -2.38. The number of carbonyl (C=O) groups is 2. The fourth-order valence-corrected chi connectivity index (χ4v) is 5.77. The second-order valence-electron chi connectivity index (χ2n) is 10.9. The van der Waals surface area contributed by atoms with E-state index in [9.17, 15) is 19.5 Å². The molecule has 1 saturated heterocycles. The van der Waals surface area contributed by atoms with Crippen LogP contribution in [-0.2, 0) is 17.8 Å². The van der Waals surface area contributed by atoms with Crippen molar-refractivity contribution >= 4 is 17.3 Å². The van der Waals surface area contributed by atoms with Gasteiger partial charge >= 0.3 is 0 Å². The average molecular weight is 526 g/mol. The summed E-state index contributed by atoms with van der Waals surface area (Å²) in [4.78, 5) is 44.3. The molecule has 6 rings (SSSR count). The van der Waals surface area contributed by atoms with Crippen molar-refractivity contribution in [3.8, 4) is 11.3 Å². The summed E-state index contributed by atoms with van der Waals surface area (Å²) < 4.78 is 2.92. The van der Waals surface area contributed by atoms with Crippen molar-refractivity contribution in [3.05, 3.63) is 88.1 Å². The van der Waals surface area contributed by atoms with Crippen LogP contribution in [0, 0.1) is 0 Å². The van der Waals surface area contributed by atoms with Gasteiger partial charge in [0.15, 0.2) is 5.78 Å². The van der Waals surface area contributed by atoms with Crippen LogP contribution in [-0.4, -0.2) is 59.6 Å². The number of benzene rings is 2. The summed E-state index contributed by atoms with van der Waals surface area (Å²) in [6.07, 6.45) is 5.47. The van der Waals surface area contributed by atoms with Crippen LogP contribution in [0.15, 0.2) is 65.8 Å². The molecule has 0 unspecified atom stereocenters. The van der Waals surface area contributed by atoms with Crippen LogP contribution in [0.1, 0.15) is 60.0 Å². The lowest BCUT2D eigenvalue weighted by molar-refractivity contribution is -0.136. The van der Waals surface area contributed by atoms with E-state index >= 15 is 0 Å². The average Bonchev–Trinajstić information content (AvgIpc) is 3.55. The topological polar surface area (TPSA) is 110 Å². The van der Waals surface area contributed by atoms with Gasteiger partial charge < -0.3 is 10.0 Å². The lowest BCUT2D eigenvalue weighted by Crippen LogP contribution is -2.50. The maximum Gasteiger partial charge on any atom is 0.296 e. The molecule has 2 aromatic carbocycles. The molecule has 9 nitrogen and oxygen atoms in total. The van der Waals surface area contributed by atoms with Crippen molar-refractivity contribution in [2.45, 2.75) is 57.1 Å². The number of carbonyl (C=O) groups excluding carboxylic acids is 2. The smallest absolute Gasteiger partial charge is 0.296 e. The Balaban J connectivity index is 1.14. The number of aliphatic hydroxyl groups is 1. The predicted octanol–water partition coefficient (Wildman–Crippen LogP) is 3.23. The van der Waals surface area contributed by atoms with E-state index in [2.05, 4.69) is 17.0 Å². The molecule has 4 aromatic rings. The molecule has 9 heteroatoms. The molecule has 1 N–H and O–H groups in total. The van der Waals surface area contributed by atoms with Gasteiger partial charge in [0.2, 0.25) is 11.6 Å². The molecule has 0 spiro atoms. The minimum Gasteiger partial charge on any atom is -0.388 e. The van der Waals surface area contributed by atoms with Gasteiger partial charge in [-0.2, -0.15) is 5.10 Å². The van der Waals surface area contributed by atoms with E-state index in [-0.39, 0.29) is 35.4 Å². The molecule has 1 fully saturated rings. The second-order valence-corrected chi connectivity index (χ2v) is 10.9. The fourth-order valence-electron chi connectivity index (χ4n) is 5.77. The molecule has 0 saturated carbocycles. The number of rotatable bonds is 6. The van der Waals surface area contributed by atoms with Crippen LogP contribution in [0.2, 0.25) is 0 Å². The van der Waals surface area contributed by atoms with Gasteiger partial charge in [-0.25, -0.2) is 9.50 Å². The molecule has 3 heterocycles. The predicted molar refractivity (Wildman–Crippen MR) is 146 cm³/mol. The number of Topliss-reactive ketones (excluding diaryl/α,β-unsaturated/α-hetero) is 1. The largest absolute Gasteiger partial charge is 0.388 e. The minimum absolute atomic E-state index is 0.0782. The van der Waals surface area contributed by atoms with Gasteiger partial charge in [0.05, 0.1) is 24.0 Å². The van der Waals surface area contributed by atoms with Crippen LogP contribution in [0.5, 0.6) is 0 Å². The third kappa shape index (κ3) is 4.78. The number of aryl methyl sites for hydroxylation is 1. The summed E-state index contributed by atoms with van der Waals surface area (Å²) >= 11 is 0. The van der Waals surface area contributed by atoms with Gasteiger partial charge in [0.1, 0.15) is 6.33 Å². The zero-order valence-electron chi connectivity index (χ0n) is 21.9. The fraction of sp³-hybridized carbons (Fsp3) is 0.367. The van der Waals surface area contributed by atoms with Gasteiger partial charge in [-0.15, -0.1) is 0 Å². The number of likely N-dealkylation sites (tertiary alicyclic amines) is 1.